The van der Waals surface area contributed by atoms with Gasteiger partial charge in [0.2, 0.25) is 0 Å². The number of carboxylic acids is 1. The van der Waals surface area contributed by atoms with Crippen LogP contribution in [0.3, 0.4) is 0 Å². The first-order chi connectivity index (χ1) is 17.4. The smallest absolute Gasteiger partial charge is 0.431 e. The van der Waals surface area contributed by atoms with Gasteiger partial charge in [-0.05, 0) is 72.9 Å². The summed E-state index contributed by atoms with van der Waals surface area (Å²) in [6.45, 7) is 3.40. The van der Waals surface area contributed by atoms with Gasteiger partial charge in [0, 0.05) is 12.0 Å². The molecule has 0 aromatic heterocycles. The van der Waals surface area contributed by atoms with Gasteiger partial charge in [0.25, 0.3) is 0 Å². The number of methoxy groups -OCH3 is 1. The number of nitrogens with zero attached hydrogens (tertiary/aromatic N) is 2. The number of halogens is 4. The zero-order chi connectivity index (χ0) is 27.0. The fourth-order valence-electron chi connectivity index (χ4n) is 4.59. The van der Waals surface area contributed by atoms with Gasteiger partial charge < -0.3 is 9.84 Å². The highest BCUT2D eigenvalue weighted by atomic mass is 19.4. The number of ether oxygens (including phenoxy) is 1. The maximum atomic E-state index is 14.4. The molecule has 3 aromatic carbocycles. The Hall–Kier alpha value is -3.88. The maximum absolute atomic E-state index is 14.4. The number of alkyl halides is 3. The van der Waals surface area contributed by atoms with E-state index >= 15 is 0 Å². The lowest BCUT2D eigenvalue weighted by Crippen LogP contribution is -2.42. The number of benzene rings is 3. The fraction of sp³-hybridized carbons (Fsp3) is 0.286. The number of carboxylic acid groups (broad SMARTS) is 1. The van der Waals surface area contributed by atoms with E-state index in [4.69, 9.17) is 4.74 Å². The summed E-state index contributed by atoms with van der Waals surface area (Å²) in [5.41, 5.74) is 2.08. The van der Waals surface area contributed by atoms with E-state index in [1.165, 1.54) is 20.1 Å². The molecule has 5 nitrogen and oxygen atoms in total. The van der Waals surface area contributed by atoms with E-state index in [1.54, 1.807) is 36.4 Å². The van der Waals surface area contributed by atoms with Crippen LogP contribution in [-0.2, 0) is 11.2 Å². The zero-order valence-corrected chi connectivity index (χ0v) is 20.6. The lowest BCUT2D eigenvalue weighted by molar-refractivity contribution is -0.138. The van der Waals surface area contributed by atoms with Crippen LogP contribution in [0.4, 0.5) is 23.2 Å². The van der Waals surface area contributed by atoms with Crippen LogP contribution in [-0.4, -0.2) is 35.6 Å². The summed E-state index contributed by atoms with van der Waals surface area (Å²) in [6.07, 6.45) is -5.08. The Balaban J connectivity index is 1.56. The topological polar surface area (TPSA) is 62.1 Å². The van der Waals surface area contributed by atoms with Gasteiger partial charge in [-0.25, -0.2) is 4.39 Å². The summed E-state index contributed by atoms with van der Waals surface area (Å²) in [5.74, 6) is -0.991. The monoisotopic (exact) mass is 514 g/mol. The maximum Gasteiger partial charge on any atom is 0.431 e. The Morgan fingerprint density at radius 2 is 1.81 bits per heavy atom. The molecule has 3 aromatic rings. The summed E-state index contributed by atoms with van der Waals surface area (Å²) >= 11 is 0. The Bertz CT molecular complexity index is 1350. The fourth-order valence-corrected chi connectivity index (χ4v) is 4.59. The number of aryl methyl sites for hydroxylation is 1. The van der Waals surface area contributed by atoms with Crippen LogP contribution in [0.1, 0.15) is 36.5 Å². The van der Waals surface area contributed by atoms with Crippen molar-refractivity contribution in [3.8, 4) is 16.9 Å². The van der Waals surface area contributed by atoms with E-state index in [9.17, 15) is 27.5 Å². The number of hydrogen-bond donors (Lipinski definition) is 1. The number of aliphatic carboxylic acids is 1. The highest BCUT2D eigenvalue weighted by Gasteiger charge is 2.49. The van der Waals surface area contributed by atoms with Crippen molar-refractivity contribution in [3.63, 3.8) is 0 Å². The van der Waals surface area contributed by atoms with E-state index in [1.807, 2.05) is 25.1 Å². The van der Waals surface area contributed by atoms with Gasteiger partial charge >= 0.3 is 12.1 Å². The van der Waals surface area contributed by atoms with Crippen molar-refractivity contribution in [2.75, 3.05) is 12.1 Å². The Kier molecular flexibility index (Phi) is 6.99. The largest absolute Gasteiger partial charge is 0.497 e. The minimum Gasteiger partial charge on any atom is -0.497 e. The Labute approximate surface area is 212 Å². The molecule has 194 valence electrons. The minimum atomic E-state index is -4.63. The van der Waals surface area contributed by atoms with Crippen molar-refractivity contribution in [1.29, 1.82) is 0 Å². The van der Waals surface area contributed by atoms with Gasteiger partial charge in [0.05, 0.1) is 24.8 Å². The standard InChI is InChI=1S/C28H26F4N2O3/c1-17-12-20(23-14-22(37-3)10-11-24(23)29)7-6-19(17)13-18-4-8-21(9-5-18)34-27(2,16-26(35)36)15-25(33-34)28(30,31)32/h4-12,14H,13,15-16H2,1-3H3,(H,35,36). The molecule has 0 spiro atoms. The Morgan fingerprint density at radius 3 is 2.41 bits per heavy atom. The number of hydrogen-bond acceptors (Lipinski definition) is 4. The molecule has 0 saturated carbocycles. The van der Waals surface area contributed by atoms with Crippen LogP contribution < -0.4 is 9.75 Å². The second kappa shape index (κ2) is 9.88. The molecule has 1 heterocycles. The number of anilines is 1. The van der Waals surface area contributed by atoms with Gasteiger partial charge in [-0.15, -0.1) is 0 Å². The first-order valence-corrected chi connectivity index (χ1v) is 11.6. The van der Waals surface area contributed by atoms with E-state index in [-0.39, 0.29) is 5.82 Å². The molecule has 0 radical (unpaired) electrons. The molecule has 4 rings (SSSR count). The van der Waals surface area contributed by atoms with E-state index in [0.29, 0.717) is 23.4 Å². The van der Waals surface area contributed by atoms with Crippen LogP contribution in [0.2, 0.25) is 0 Å². The van der Waals surface area contributed by atoms with E-state index < -0.39 is 36.2 Å². The van der Waals surface area contributed by atoms with Crippen molar-refractivity contribution in [1.82, 2.24) is 0 Å². The Morgan fingerprint density at radius 1 is 1.11 bits per heavy atom. The van der Waals surface area contributed by atoms with Crippen LogP contribution in [0.5, 0.6) is 5.75 Å². The molecule has 0 amide bonds. The molecule has 1 unspecified atom stereocenters. The molecule has 0 fully saturated rings. The first kappa shape index (κ1) is 26.2. The normalized spacial score (nSPS) is 17.6. The highest BCUT2D eigenvalue weighted by molar-refractivity contribution is 5.95. The zero-order valence-electron chi connectivity index (χ0n) is 20.6. The molecule has 1 aliphatic heterocycles. The highest BCUT2D eigenvalue weighted by Crippen LogP contribution is 2.39. The molecular formula is C28H26F4N2O3. The predicted molar refractivity (Wildman–Crippen MR) is 134 cm³/mol. The SMILES string of the molecule is COc1ccc(F)c(-c2ccc(Cc3ccc(N4N=C(C(F)(F)F)CC4(C)CC(=O)O)cc3)c(C)c2)c1. The third-order valence-corrected chi connectivity index (χ3v) is 6.54. The van der Waals surface area contributed by atoms with Gasteiger partial charge in [-0.1, -0.05) is 30.3 Å². The summed E-state index contributed by atoms with van der Waals surface area (Å²) in [7, 11) is 1.52. The minimum absolute atomic E-state index is 0.350. The molecule has 37 heavy (non-hydrogen) atoms. The second-order valence-corrected chi connectivity index (χ2v) is 9.43. The summed E-state index contributed by atoms with van der Waals surface area (Å²) in [5, 5.41) is 14.2. The van der Waals surface area contributed by atoms with Crippen molar-refractivity contribution in [2.24, 2.45) is 5.10 Å². The van der Waals surface area contributed by atoms with Gasteiger partial charge in [0.15, 0.2) is 0 Å². The number of rotatable bonds is 7. The van der Waals surface area contributed by atoms with Crippen molar-refractivity contribution >= 4 is 17.4 Å². The van der Waals surface area contributed by atoms with Crippen LogP contribution >= 0.6 is 0 Å². The van der Waals surface area contributed by atoms with Crippen molar-refractivity contribution in [3.05, 3.63) is 83.2 Å². The van der Waals surface area contributed by atoms with Crippen LogP contribution in [0.25, 0.3) is 11.1 Å². The molecule has 1 N–H and O–H groups in total. The van der Waals surface area contributed by atoms with Crippen molar-refractivity contribution in [2.45, 2.75) is 44.8 Å². The third-order valence-electron chi connectivity index (χ3n) is 6.54. The lowest BCUT2D eigenvalue weighted by Gasteiger charge is -2.33. The molecule has 1 aliphatic rings. The van der Waals surface area contributed by atoms with Crippen molar-refractivity contribution < 1.29 is 32.2 Å². The van der Waals surface area contributed by atoms with Gasteiger partial charge in [-0.2, -0.15) is 18.3 Å². The molecule has 1 atom stereocenters. The van der Waals surface area contributed by atoms with Gasteiger partial charge in [-0.3, -0.25) is 9.80 Å². The summed E-state index contributed by atoms with van der Waals surface area (Å²) in [6, 6.07) is 17.1. The summed E-state index contributed by atoms with van der Waals surface area (Å²) in [4.78, 5) is 11.4. The third kappa shape index (κ3) is 5.60. The van der Waals surface area contributed by atoms with Crippen LogP contribution in [0.15, 0.2) is 65.8 Å². The van der Waals surface area contributed by atoms with E-state index in [0.717, 1.165) is 27.3 Å². The lowest BCUT2D eigenvalue weighted by atomic mass is 9.91. The first-order valence-electron chi connectivity index (χ1n) is 11.6. The summed E-state index contributed by atoms with van der Waals surface area (Å²) < 4.78 is 59.6. The molecular weight excluding hydrogens is 488 g/mol. The van der Waals surface area contributed by atoms with Crippen LogP contribution in [0, 0.1) is 12.7 Å². The molecule has 0 saturated heterocycles. The molecule has 0 aliphatic carbocycles. The average Bonchev–Trinajstić information content (AvgIpc) is 3.18. The average molecular weight is 515 g/mol. The number of hydrazone groups is 1. The molecule has 0 bridgehead atoms. The number of carbonyl (C=O) groups is 1. The second-order valence-electron chi connectivity index (χ2n) is 9.43. The molecule has 9 heteroatoms. The predicted octanol–water partition coefficient (Wildman–Crippen LogP) is 6.76. The quantitative estimate of drug-likeness (QED) is 0.354. The van der Waals surface area contributed by atoms with E-state index in [2.05, 4.69) is 5.10 Å². The van der Waals surface area contributed by atoms with Gasteiger partial charge in [0.1, 0.15) is 17.3 Å².